The normalized spacial score (nSPS) is 23.1. The highest BCUT2D eigenvalue weighted by molar-refractivity contribution is 5.81. The summed E-state index contributed by atoms with van der Waals surface area (Å²) in [5, 5.41) is 3.86. The third kappa shape index (κ3) is 3.81. The molecule has 1 amide bonds. The molecule has 4 rings (SSSR count). The van der Waals surface area contributed by atoms with Gasteiger partial charge in [0.05, 0.1) is 13.2 Å². The first-order valence-corrected chi connectivity index (χ1v) is 8.72. The van der Waals surface area contributed by atoms with Crippen LogP contribution >= 0.6 is 0 Å². The van der Waals surface area contributed by atoms with Crippen LogP contribution in [0.5, 0.6) is 0 Å². The molecule has 2 aromatic heterocycles. The molecule has 10 heteroatoms. The zero-order valence-corrected chi connectivity index (χ0v) is 14.4. The molecule has 8 nitrogen and oxygen atoms in total. The van der Waals surface area contributed by atoms with Crippen LogP contribution in [0.2, 0.25) is 0 Å². The second-order valence-electron chi connectivity index (χ2n) is 6.36. The fraction of sp³-hybridized carbons (Fsp3) is 0.529. The van der Waals surface area contributed by atoms with Gasteiger partial charge in [-0.15, -0.1) is 0 Å². The van der Waals surface area contributed by atoms with E-state index in [2.05, 4.69) is 15.1 Å². The first kappa shape index (κ1) is 17.9. The van der Waals surface area contributed by atoms with E-state index in [1.165, 1.54) is 18.3 Å². The lowest BCUT2D eigenvalue weighted by Gasteiger charge is -2.28. The minimum Gasteiger partial charge on any atom is -0.378 e. The van der Waals surface area contributed by atoms with Gasteiger partial charge in [0.1, 0.15) is 17.9 Å². The Labute approximate surface area is 153 Å². The van der Waals surface area contributed by atoms with Crippen LogP contribution in [0.1, 0.15) is 37.0 Å². The molecule has 2 atom stereocenters. The largest absolute Gasteiger partial charge is 0.378 e. The number of ether oxygens (including phenoxy) is 2. The number of pyridine rings is 1. The van der Waals surface area contributed by atoms with Crippen LogP contribution in [-0.2, 0) is 14.3 Å². The molecule has 0 spiro atoms. The SMILES string of the molecule is O=C([C@H]1CC[C@@H](c2nc(-c3ccc(C(F)F)nc3)no2)O1)N1CCOCC1. The summed E-state index contributed by atoms with van der Waals surface area (Å²) in [6, 6.07) is 2.68. The Bertz CT molecular complexity index is 792. The van der Waals surface area contributed by atoms with E-state index in [1.807, 2.05) is 0 Å². The second kappa shape index (κ2) is 7.65. The zero-order chi connectivity index (χ0) is 18.8. The fourth-order valence-electron chi connectivity index (χ4n) is 3.14. The molecule has 0 aromatic carbocycles. The Morgan fingerprint density at radius 3 is 2.74 bits per heavy atom. The van der Waals surface area contributed by atoms with Crippen LogP contribution in [0.3, 0.4) is 0 Å². The Hall–Kier alpha value is -2.46. The molecule has 2 aliphatic heterocycles. The molecule has 144 valence electrons. The van der Waals surface area contributed by atoms with E-state index < -0.39 is 18.6 Å². The van der Waals surface area contributed by atoms with Gasteiger partial charge in [0.25, 0.3) is 18.2 Å². The quantitative estimate of drug-likeness (QED) is 0.803. The number of carbonyl (C=O) groups excluding carboxylic acids is 1. The number of hydrogen-bond acceptors (Lipinski definition) is 7. The molecule has 0 saturated carbocycles. The summed E-state index contributed by atoms with van der Waals surface area (Å²) in [5.41, 5.74) is 0.152. The summed E-state index contributed by atoms with van der Waals surface area (Å²) in [5.74, 6) is 0.456. The average molecular weight is 380 g/mol. The van der Waals surface area contributed by atoms with E-state index in [1.54, 1.807) is 4.90 Å². The van der Waals surface area contributed by atoms with Crippen molar-refractivity contribution >= 4 is 5.91 Å². The van der Waals surface area contributed by atoms with Crippen molar-refractivity contribution in [1.82, 2.24) is 20.0 Å². The molecule has 0 unspecified atom stereocenters. The summed E-state index contributed by atoms with van der Waals surface area (Å²) in [6.07, 6.45) is -1.19. The van der Waals surface area contributed by atoms with E-state index in [4.69, 9.17) is 14.0 Å². The van der Waals surface area contributed by atoms with Gasteiger partial charge in [0, 0.05) is 24.8 Å². The molecule has 0 aliphatic carbocycles. The Balaban J connectivity index is 1.41. The summed E-state index contributed by atoms with van der Waals surface area (Å²) in [7, 11) is 0. The standard InChI is InChI=1S/C17H18F2N4O4/c18-14(19)11-2-1-10(9-20-11)15-21-16(27-22-15)12-3-4-13(26-12)17(24)23-5-7-25-8-6-23/h1-2,9,12-14H,3-8H2/t12-,13+/m0/s1. The van der Waals surface area contributed by atoms with Crippen molar-refractivity contribution in [3.05, 3.63) is 29.9 Å². The summed E-state index contributed by atoms with van der Waals surface area (Å²) in [4.78, 5) is 22.2. The monoisotopic (exact) mass is 380 g/mol. The van der Waals surface area contributed by atoms with Gasteiger partial charge in [-0.25, -0.2) is 8.78 Å². The van der Waals surface area contributed by atoms with Crippen LogP contribution in [0, 0.1) is 0 Å². The summed E-state index contributed by atoms with van der Waals surface area (Å²) < 4.78 is 41.5. The minimum atomic E-state index is -2.63. The van der Waals surface area contributed by atoms with Crippen molar-refractivity contribution in [3.8, 4) is 11.4 Å². The van der Waals surface area contributed by atoms with Gasteiger partial charge in [-0.05, 0) is 25.0 Å². The van der Waals surface area contributed by atoms with Gasteiger partial charge >= 0.3 is 0 Å². The van der Waals surface area contributed by atoms with Gasteiger partial charge in [-0.1, -0.05) is 5.16 Å². The molecule has 4 heterocycles. The van der Waals surface area contributed by atoms with Gasteiger partial charge in [0.2, 0.25) is 5.82 Å². The first-order chi connectivity index (χ1) is 13.1. The number of alkyl halides is 2. The van der Waals surface area contributed by atoms with Crippen molar-refractivity contribution in [1.29, 1.82) is 0 Å². The molecule has 2 aromatic rings. The topological polar surface area (TPSA) is 90.6 Å². The number of nitrogens with zero attached hydrogens (tertiary/aromatic N) is 4. The Morgan fingerprint density at radius 1 is 1.22 bits per heavy atom. The zero-order valence-electron chi connectivity index (χ0n) is 14.4. The Kier molecular flexibility index (Phi) is 5.08. The molecule has 27 heavy (non-hydrogen) atoms. The first-order valence-electron chi connectivity index (χ1n) is 8.72. The van der Waals surface area contributed by atoms with E-state index in [9.17, 15) is 13.6 Å². The maximum atomic E-state index is 12.6. The minimum absolute atomic E-state index is 0.0488. The third-order valence-electron chi connectivity index (χ3n) is 4.60. The number of amides is 1. The van der Waals surface area contributed by atoms with Crippen LogP contribution in [0.25, 0.3) is 11.4 Å². The molecule has 2 fully saturated rings. The van der Waals surface area contributed by atoms with Crippen molar-refractivity contribution in [2.45, 2.75) is 31.5 Å². The van der Waals surface area contributed by atoms with Crippen molar-refractivity contribution in [3.63, 3.8) is 0 Å². The van der Waals surface area contributed by atoms with Crippen molar-refractivity contribution in [2.24, 2.45) is 0 Å². The van der Waals surface area contributed by atoms with Gasteiger partial charge in [-0.3, -0.25) is 9.78 Å². The van der Waals surface area contributed by atoms with Gasteiger partial charge < -0.3 is 18.9 Å². The van der Waals surface area contributed by atoms with Gasteiger partial charge in [-0.2, -0.15) is 4.98 Å². The smallest absolute Gasteiger partial charge is 0.280 e. The molecule has 2 aliphatic rings. The number of aromatic nitrogens is 3. The maximum Gasteiger partial charge on any atom is 0.280 e. The predicted molar refractivity (Wildman–Crippen MR) is 86.7 cm³/mol. The summed E-state index contributed by atoms with van der Waals surface area (Å²) in [6.45, 7) is 2.20. The number of rotatable bonds is 4. The molecule has 0 N–H and O–H groups in total. The molecule has 0 radical (unpaired) electrons. The van der Waals surface area contributed by atoms with E-state index in [-0.39, 0.29) is 23.3 Å². The number of hydrogen-bond donors (Lipinski definition) is 0. The molecular weight excluding hydrogens is 362 g/mol. The van der Waals surface area contributed by atoms with E-state index >= 15 is 0 Å². The van der Waals surface area contributed by atoms with Crippen LogP contribution < -0.4 is 0 Å². The van der Waals surface area contributed by atoms with E-state index in [0.717, 1.165) is 0 Å². The lowest BCUT2D eigenvalue weighted by Crippen LogP contribution is -2.45. The van der Waals surface area contributed by atoms with Crippen molar-refractivity contribution < 1.29 is 27.6 Å². The average Bonchev–Trinajstić information content (AvgIpc) is 3.38. The summed E-state index contributed by atoms with van der Waals surface area (Å²) >= 11 is 0. The van der Waals surface area contributed by atoms with Gasteiger partial charge in [0.15, 0.2) is 0 Å². The highest BCUT2D eigenvalue weighted by Crippen LogP contribution is 2.33. The third-order valence-corrected chi connectivity index (χ3v) is 4.60. The maximum absolute atomic E-state index is 12.6. The lowest BCUT2D eigenvalue weighted by atomic mass is 10.1. The van der Waals surface area contributed by atoms with Crippen LogP contribution in [-0.4, -0.2) is 58.3 Å². The number of halogens is 2. The number of carbonyl (C=O) groups is 1. The highest BCUT2D eigenvalue weighted by atomic mass is 19.3. The molecular formula is C17H18F2N4O4. The lowest BCUT2D eigenvalue weighted by molar-refractivity contribution is -0.147. The van der Waals surface area contributed by atoms with Crippen LogP contribution in [0.15, 0.2) is 22.9 Å². The second-order valence-corrected chi connectivity index (χ2v) is 6.36. The predicted octanol–water partition coefficient (Wildman–Crippen LogP) is 2.15. The molecule has 2 saturated heterocycles. The van der Waals surface area contributed by atoms with E-state index in [0.29, 0.717) is 44.7 Å². The van der Waals surface area contributed by atoms with Crippen molar-refractivity contribution in [2.75, 3.05) is 26.3 Å². The highest BCUT2D eigenvalue weighted by Gasteiger charge is 2.37. The fourth-order valence-corrected chi connectivity index (χ4v) is 3.14. The molecule has 0 bridgehead atoms. The van der Waals surface area contributed by atoms with Crippen LogP contribution in [0.4, 0.5) is 8.78 Å². The number of morpholine rings is 1. The Morgan fingerprint density at radius 2 is 2.04 bits per heavy atom.